The quantitative estimate of drug-likeness (QED) is 0.348. The minimum absolute atomic E-state index is 0.192. The summed E-state index contributed by atoms with van der Waals surface area (Å²) < 4.78 is 7.34. The fourth-order valence-corrected chi connectivity index (χ4v) is 6.31. The van der Waals surface area contributed by atoms with E-state index in [0.29, 0.717) is 5.92 Å². The van der Waals surface area contributed by atoms with Crippen molar-refractivity contribution in [1.29, 1.82) is 0 Å². The van der Waals surface area contributed by atoms with Gasteiger partial charge in [-0.2, -0.15) is 0 Å². The number of hydrogen-bond acceptors (Lipinski definition) is 7. The highest BCUT2D eigenvalue weighted by molar-refractivity contribution is 7.18. The summed E-state index contributed by atoms with van der Waals surface area (Å²) in [6, 6.07) is 14.0. The molecule has 1 saturated carbocycles. The van der Waals surface area contributed by atoms with Crippen molar-refractivity contribution in [3.63, 3.8) is 0 Å². The van der Waals surface area contributed by atoms with Crippen LogP contribution < -0.4 is 9.64 Å². The van der Waals surface area contributed by atoms with Crippen LogP contribution in [0.25, 0.3) is 21.5 Å². The summed E-state index contributed by atoms with van der Waals surface area (Å²) in [4.78, 5) is 16.3. The van der Waals surface area contributed by atoms with E-state index in [1.807, 2.05) is 36.5 Å². The lowest BCUT2D eigenvalue weighted by Crippen LogP contribution is -2.26. The Morgan fingerprint density at radius 3 is 2.63 bits per heavy atom. The molecule has 2 fully saturated rings. The van der Waals surface area contributed by atoms with Crippen LogP contribution in [-0.2, 0) is 6.42 Å². The van der Waals surface area contributed by atoms with Crippen LogP contribution in [0.1, 0.15) is 43.5 Å². The molecule has 35 heavy (non-hydrogen) atoms. The van der Waals surface area contributed by atoms with E-state index in [9.17, 15) is 5.11 Å². The van der Waals surface area contributed by atoms with E-state index in [-0.39, 0.29) is 6.10 Å². The van der Waals surface area contributed by atoms with Gasteiger partial charge in [-0.25, -0.2) is 9.97 Å². The standard InChI is InChI=1S/C28H30N4O2S/c33-25-6-2-1-5-20(25)16-28-31-23-8-7-21(18-26(23)35-28)34-22-10-12-29-24(17-22)19-9-11-30-27(15-19)32-13-3-4-14-32/h7-12,15,17-18,20,25,33H,1-6,13-14,16H2/t20-,25+/m0/s1. The number of hydrogen-bond donors (Lipinski definition) is 1. The molecule has 6 nitrogen and oxygen atoms in total. The lowest BCUT2D eigenvalue weighted by atomic mass is 9.84. The fraction of sp³-hybridized carbons (Fsp3) is 0.393. The fourth-order valence-electron chi connectivity index (χ4n) is 5.22. The summed E-state index contributed by atoms with van der Waals surface area (Å²) in [5.41, 5.74) is 2.90. The van der Waals surface area contributed by atoms with Crippen molar-refractivity contribution >= 4 is 27.4 Å². The van der Waals surface area contributed by atoms with Gasteiger partial charge in [0.2, 0.25) is 0 Å². The molecule has 2 atom stereocenters. The molecule has 4 aromatic rings. The molecule has 0 bridgehead atoms. The molecule has 0 spiro atoms. The zero-order chi connectivity index (χ0) is 23.6. The largest absolute Gasteiger partial charge is 0.457 e. The smallest absolute Gasteiger partial charge is 0.131 e. The third-order valence-electron chi connectivity index (χ3n) is 7.15. The summed E-state index contributed by atoms with van der Waals surface area (Å²) >= 11 is 1.71. The first-order valence-corrected chi connectivity index (χ1v) is 13.5. The van der Waals surface area contributed by atoms with E-state index in [0.717, 1.165) is 82.6 Å². The van der Waals surface area contributed by atoms with E-state index < -0.39 is 0 Å². The number of aliphatic hydroxyl groups excluding tert-OH is 1. The molecule has 1 aromatic carbocycles. The first kappa shape index (κ1) is 22.4. The predicted molar refractivity (Wildman–Crippen MR) is 140 cm³/mol. The summed E-state index contributed by atoms with van der Waals surface area (Å²) in [5, 5.41) is 11.4. The van der Waals surface area contributed by atoms with Crippen LogP contribution in [0.2, 0.25) is 0 Å². The molecule has 1 N–H and O–H groups in total. The number of benzene rings is 1. The van der Waals surface area contributed by atoms with E-state index in [1.54, 1.807) is 17.5 Å². The summed E-state index contributed by atoms with van der Waals surface area (Å²) in [5.74, 6) is 2.88. The van der Waals surface area contributed by atoms with Crippen molar-refractivity contribution < 1.29 is 9.84 Å². The average molecular weight is 487 g/mol. The number of fused-ring (bicyclic) bond motifs is 1. The highest BCUT2D eigenvalue weighted by Gasteiger charge is 2.24. The van der Waals surface area contributed by atoms with Crippen LogP contribution in [0.4, 0.5) is 5.82 Å². The molecule has 0 radical (unpaired) electrons. The Labute approximate surface area is 209 Å². The highest BCUT2D eigenvalue weighted by atomic mass is 32.1. The van der Waals surface area contributed by atoms with Crippen molar-refractivity contribution in [2.75, 3.05) is 18.0 Å². The van der Waals surface area contributed by atoms with Gasteiger partial charge in [-0.15, -0.1) is 11.3 Å². The van der Waals surface area contributed by atoms with Crippen LogP contribution in [0.15, 0.2) is 54.9 Å². The number of nitrogens with zero attached hydrogens (tertiary/aromatic N) is 4. The third kappa shape index (κ3) is 5.02. The number of aromatic nitrogens is 3. The van der Waals surface area contributed by atoms with Crippen molar-refractivity contribution in [3.8, 4) is 22.8 Å². The first-order valence-electron chi connectivity index (χ1n) is 12.6. The Morgan fingerprint density at radius 1 is 0.914 bits per heavy atom. The molecule has 6 rings (SSSR count). The lowest BCUT2D eigenvalue weighted by Gasteiger charge is -2.26. The predicted octanol–water partition coefficient (Wildman–Crippen LogP) is 6.24. The van der Waals surface area contributed by atoms with Gasteiger partial charge in [0.05, 0.1) is 27.0 Å². The van der Waals surface area contributed by atoms with Crippen molar-refractivity contribution in [2.45, 2.75) is 51.0 Å². The molecule has 0 amide bonds. The molecule has 180 valence electrons. The van der Waals surface area contributed by atoms with Crippen molar-refractivity contribution in [1.82, 2.24) is 15.0 Å². The molecule has 0 unspecified atom stereocenters. The minimum Gasteiger partial charge on any atom is -0.457 e. The molecule has 4 heterocycles. The number of anilines is 1. The maximum Gasteiger partial charge on any atom is 0.131 e. The normalized spacial score (nSPS) is 20.4. The highest BCUT2D eigenvalue weighted by Crippen LogP contribution is 2.34. The number of ether oxygens (including phenoxy) is 1. The molecule has 3 aromatic heterocycles. The van der Waals surface area contributed by atoms with E-state index in [4.69, 9.17) is 9.72 Å². The van der Waals surface area contributed by atoms with Crippen LogP contribution in [0.5, 0.6) is 11.5 Å². The molecular weight excluding hydrogens is 456 g/mol. The van der Waals surface area contributed by atoms with E-state index in [2.05, 4.69) is 27.0 Å². The van der Waals surface area contributed by atoms with E-state index >= 15 is 0 Å². The molecule has 1 saturated heterocycles. The number of pyridine rings is 2. The number of thiazole rings is 1. The Morgan fingerprint density at radius 2 is 1.74 bits per heavy atom. The van der Waals surface area contributed by atoms with Crippen LogP contribution in [0, 0.1) is 5.92 Å². The molecule has 1 aliphatic heterocycles. The third-order valence-corrected chi connectivity index (χ3v) is 8.19. The second kappa shape index (κ2) is 9.91. The Bertz CT molecular complexity index is 1320. The molecule has 7 heteroatoms. The zero-order valence-corrected chi connectivity index (χ0v) is 20.6. The average Bonchev–Trinajstić information content (AvgIpc) is 3.56. The summed E-state index contributed by atoms with van der Waals surface area (Å²) in [6.07, 6.45) is 11.1. The van der Waals surface area contributed by atoms with Gasteiger partial charge in [-0.05, 0) is 61.9 Å². The molecule has 2 aliphatic rings. The van der Waals surface area contributed by atoms with Gasteiger partial charge >= 0.3 is 0 Å². The van der Waals surface area contributed by atoms with Gasteiger partial charge in [0, 0.05) is 49.6 Å². The van der Waals surface area contributed by atoms with Crippen molar-refractivity contribution in [3.05, 3.63) is 59.9 Å². The van der Waals surface area contributed by atoms with Gasteiger partial charge in [-0.1, -0.05) is 12.8 Å². The van der Waals surface area contributed by atoms with Crippen LogP contribution >= 0.6 is 11.3 Å². The van der Waals surface area contributed by atoms with Gasteiger partial charge in [0.15, 0.2) is 0 Å². The second-order valence-corrected chi connectivity index (χ2v) is 10.7. The van der Waals surface area contributed by atoms with Crippen LogP contribution in [0.3, 0.4) is 0 Å². The van der Waals surface area contributed by atoms with Gasteiger partial charge < -0.3 is 14.7 Å². The first-order chi connectivity index (χ1) is 17.2. The van der Waals surface area contributed by atoms with Gasteiger partial charge in [-0.3, -0.25) is 4.98 Å². The molecule has 1 aliphatic carbocycles. The Balaban J connectivity index is 1.19. The second-order valence-electron chi connectivity index (χ2n) is 9.63. The maximum atomic E-state index is 10.3. The van der Waals surface area contributed by atoms with Crippen molar-refractivity contribution in [2.24, 2.45) is 5.92 Å². The monoisotopic (exact) mass is 486 g/mol. The summed E-state index contributed by atoms with van der Waals surface area (Å²) in [6.45, 7) is 2.13. The number of aliphatic hydroxyl groups is 1. The van der Waals surface area contributed by atoms with Crippen LogP contribution in [-0.4, -0.2) is 39.3 Å². The maximum absolute atomic E-state index is 10.3. The zero-order valence-electron chi connectivity index (χ0n) is 19.8. The van der Waals surface area contributed by atoms with Gasteiger partial charge in [0.1, 0.15) is 17.3 Å². The minimum atomic E-state index is -0.192. The summed E-state index contributed by atoms with van der Waals surface area (Å²) in [7, 11) is 0. The number of rotatable bonds is 6. The Hall–Kier alpha value is -3.03. The topological polar surface area (TPSA) is 71.4 Å². The van der Waals surface area contributed by atoms with E-state index in [1.165, 1.54) is 19.3 Å². The van der Waals surface area contributed by atoms with Gasteiger partial charge in [0.25, 0.3) is 0 Å². The SMILES string of the molecule is O[C@@H]1CCCC[C@H]1Cc1nc2ccc(Oc3ccnc(-c4ccnc(N5CCCC5)c4)c3)cc2s1. The lowest BCUT2D eigenvalue weighted by molar-refractivity contribution is 0.0700. The molecular formula is C28H30N4O2S. The Kier molecular flexibility index (Phi) is 6.35.